The minimum absolute atomic E-state index is 0.187. The van der Waals surface area contributed by atoms with Crippen LogP contribution in [0.3, 0.4) is 0 Å². The number of benzene rings is 3. The zero-order chi connectivity index (χ0) is 28.5. The van der Waals surface area contributed by atoms with Gasteiger partial charge in [0.15, 0.2) is 0 Å². The quantitative estimate of drug-likeness (QED) is 0.237. The van der Waals surface area contributed by atoms with Gasteiger partial charge in [-0.2, -0.15) is 0 Å². The summed E-state index contributed by atoms with van der Waals surface area (Å²) in [6.45, 7) is 17.3. The first-order chi connectivity index (χ1) is 18.5. The van der Waals surface area contributed by atoms with Gasteiger partial charge in [-0.1, -0.05) is 118 Å². The Morgan fingerprint density at radius 1 is 0.846 bits per heavy atom. The molecule has 0 aliphatic rings. The van der Waals surface area contributed by atoms with Crippen molar-refractivity contribution in [3.63, 3.8) is 0 Å². The number of alkyl carbamates (subject to hydrolysis) is 1. The molecule has 0 unspecified atom stereocenters. The van der Waals surface area contributed by atoms with Crippen LogP contribution in [0, 0.1) is 0 Å². The van der Waals surface area contributed by atoms with Crippen LogP contribution in [0.25, 0.3) is 0 Å². The van der Waals surface area contributed by atoms with E-state index >= 15 is 0 Å². The van der Waals surface area contributed by atoms with Gasteiger partial charge in [0.2, 0.25) is 0 Å². The molecule has 0 saturated carbocycles. The molecule has 0 spiro atoms. The molecule has 0 heterocycles. The van der Waals surface area contributed by atoms with Crippen LogP contribution in [0.15, 0.2) is 104 Å². The van der Waals surface area contributed by atoms with Crippen molar-refractivity contribution < 1.29 is 14.0 Å². The van der Waals surface area contributed by atoms with E-state index in [1.54, 1.807) is 0 Å². The molecule has 1 amide bonds. The molecule has 0 aliphatic carbocycles. The molecule has 6 heteroatoms. The van der Waals surface area contributed by atoms with Gasteiger partial charge in [0.25, 0.3) is 8.32 Å². The summed E-state index contributed by atoms with van der Waals surface area (Å²) in [5, 5.41) is 8.83. The molecular formula is C33H44N2O3Si. The van der Waals surface area contributed by atoms with Gasteiger partial charge in [0.05, 0.1) is 12.6 Å². The number of carbonyl (C=O) groups is 1. The van der Waals surface area contributed by atoms with Crippen molar-refractivity contribution in [1.29, 1.82) is 0 Å². The topological polar surface area (TPSA) is 59.6 Å². The van der Waals surface area contributed by atoms with E-state index in [4.69, 9.17) is 9.16 Å². The minimum atomic E-state index is -2.81. The smallest absolute Gasteiger partial charge is 0.408 e. The Morgan fingerprint density at radius 2 is 1.33 bits per heavy atom. The second-order valence-corrected chi connectivity index (χ2v) is 16.2. The van der Waals surface area contributed by atoms with E-state index in [9.17, 15) is 4.79 Å². The average Bonchev–Trinajstić information content (AvgIpc) is 2.89. The molecule has 208 valence electrons. The maximum absolute atomic E-state index is 13.0. The van der Waals surface area contributed by atoms with E-state index in [-0.39, 0.29) is 17.7 Å². The van der Waals surface area contributed by atoms with Crippen LogP contribution in [-0.2, 0) is 15.7 Å². The molecule has 0 fully saturated rings. The summed E-state index contributed by atoms with van der Waals surface area (Å²) in [5.74, 6) is 0. The Morgan fingerprint density at radius 3 is 1.77 bits per heavy atom. The Hall–Kier alpha value is -3.19. The normalized spacial score (nSPS) is 13.8. The molecule has 2 N–H and O–H groups in total. The number of hydrogen-bond acceptors (Lipinski definition) is 4. The molecule has 0 aromatic heterocycles. The summed E-state index contributed by atoms with van der Waals surface area (Å²) in [4.78, 5) is 13.0. The highest BCUT2D eigenvalue weighted by atomic mass is 28.4. The highest BCUT2D eigenvalue weighted by Gasteiger charge is 2.50. The second kappa shape index (κ2) is 13.2. The van der Waals surface area contributed by atoms with Gasteiger partial charge in [0, 0.05) is 12.6 Å². The zero-order valence-corrected chi connectivity index (χ0v) is 25.2. The molecule has 5 nitrogen and oxygen atoms in total. The lowest BCUT2D eigenvalue weighted by molar-refractivity contribution is 0.0476. The second-order valence-electron chi connectivity index (χ2n) is 11.9. The van der Waals surface area contributed by atoms with Crippen LogP contribution in [-0.4, -0.2) is 38.7 Å². The van der Waals surface area contributed by atoms with E-state index < -0.39 is 26.1 Å². The van der Waals surface area contributed by atoms with E-state index in [1.807, 2.05) is 57.2 Å². The largest absolute Gasteiger partial charge is 0.444 e. The predicted molar refractivity (Wildman–Crippen MR) is 164 cm³/mol. The number of ether oxygens (including phenoxy) is 1. The Bertz CT molecular complexity index is 1130. The van der Waals surface area contributed by atoms with Gasteiger partial charge in [0.1, 0.15) is 5.60 Å². The Balaban J connectivity index is 1.98. The summed E-state index contributed by atoms with van der Waals surface area (Å²) in [5.41, 5.74) is 0.530. The Kier molecular flexibility index (Phi) is 10.3. The lowest BCUT2D eigenvalue weighted by Crippen LogP contribution is -2.68. The highest BCUT2D eigenvalue weighted by molar-refractivity contribution is 6.99. The number of carbonyl (C=O) groups excluding carboxylic acids is 1. The molecule has 3 aromatic rings. The van der Waals surface area contributed by atoms with Crippen molar-refractivity contribution in [3.8, 4) is 0 Å². The zero-order valence-electron chi connectivity index (χ0n) is 24.2. The van der Waals surface area contributed by atoms with E-state index in [2.05, 4.69) is 98.6 Å². The van der Waals surface area contributed by atoms with Crippen LogP contribution in [0.2, 0.25) is 5.04 Å². The summed E-state index contributed by atoms with van der Waals surface area (Å²) >= 11 is 0. The van der Waals surface area contributed by atoms with Crippen molar-refractivity contribution in [1.82, 2.24) is 10.6 Å². The third-order valence-corrected chi connectivity index (χ3v) is 11.7. The van der Waals surface area contributed by atoms with Gasteiger partial charge in [-0.25, -0.2) is 4.79 Å². The molecule has 39 heavy (non-hydrogen) atoms. The van der Waals surface area contributed by atoms with Gasteiger partial charge < -0.3 is 19.8 Å². The summed E-state index contributed by atoms with van der Waals surface area (Å²) in [7, 11) is -2.81. The molecule has 0 aliphatic heterocycles. The van der Waals surface area contributed by atoms with Gasteiger partial charge in [-0.3, -0.25) is 0 Å². The van der Waals surface area contributed by atoms with Crippen molar-refractivity contribution >= 4 is 24.8 Å². The summed E-state index contributed by atoms with van der Waals surface area (Å²) < 4.78 is 12.8. The summed E-state index contributed by atoms with van der Waals surface area (Å²) in [6.07, 6.45) is 1.35. The maximum atomic E-state index is 13.0. The lowest BCUT2D eigenvalue weighted by Gasteiger charge is -2.44. The third kappa shape index (κ3) is 8.15. The first kappa shape index (κ1) is 30.3. The van der Waals surface area contributed by atoms with E-state index in [0.717, 1.165) is 5.56 Å². The molecule has 0 radical (unpaired) electrons. The van der Waals surface area contributed by atoms with Crippen LogP contribution >= 0.6 is 0 Å². The minimum Gasteiger partial charge on any atom is -0.444 e. The predicted octanol–water partition coefficient (Wildman–Crippen LogP) is 5.80. The molecular weight excluding hydrogens is 500 g/mol. The number of hydrogen-bond donors (Lipinski definition) is 2. The Labute approximate surface area is 235 Å². The maximum Gasteiger partial charge on any atom is 0.408 e. The monoisotopic (exact) mass is 544 g/mol. The molecule has 0 bridgehead atoms. The molecule has 3 rings (SSSR count). The fraction of sp³-hybridized carbons (Fsp3) is 0.364. The first-order valence-electron chi connectivity index (χ1n) is 13.6. The van der Waals surface area contributed by atoms with Crippen molar-refractivity contribution in [2.75, 3.05) is 6.61 Å². The van der Waals surface area contributed by atoms with Crippen LogP contribution in [0.4, 0.5) is 4.79 Å². The van der Waals surface area contributed by atoms with Gasteiger partial charge in [-0.15, -0.1) is 6.58 Å². The number of nitrogens with one attached hydrogen (secondary N) is 2. The highest BCUT2D eigenvalue weighted by Crippen LogP contribution is 2.37. The van der Waals surface area contributed by atoms with E-state index in [1.165, 1.54) is 10.4 Å². The molecule has 2 atom stereocenters. The van der Waals surface area contributed by atoms with Crippen molar-refractivity contribution in [2.45, 2.75) is 70.8 Å². The third-order valence-electron chi connectivity index (χ3n) is 6.67. The SMILES string of the molecule is C=C[C@H](NCc1ccccc1)[C@@H](CO[Si](c1ccccc1)(c1ccccc1)C(C)(C)C)NC(=O)OC(C)(C)C. The standard InChI is InChI=1S/C33H44N2O3Si/c1-8-29(34-24-26-18-12-9-13-19-26)30(35-31(36)38-32(2,3)4)25-37-39(33(5,6)7,27-20-14-10-15-21-27)28-22-16-11-17-23-28/h8-23,29-30,34H,1,24-25H2,2-7H3,(H,35,36)/t29-,30+/m0/s1. The lowest BCUT2D eigenvalue weighted by atomic mass is 10.1. The molecule has 3 aromatic carbocycles. The summed E-state index contributed by atoms with van der Waals surface area (Å²) in [6, 6.07) is 30.5. The van der Waals surface area contributed by atoms with Gasteiger partial charge >= 0.3 is 6.09 Å². The average molecular weight is 545 g/mol. The van der Waals surface area contributed by atoms with Crippen LogP contribution < -0.4 is 21.0 Å². The fourth-order valence-electron chi connectivity index (χ4n) is 4.89. The van der Waals surface area contributed by atoms with Gasteiger partial charge in [-0.05, 0) is 41.7 Å². The van der Waals surface area contributed by atoms with Crippen molar-refractivity contribution in [3.05, 3.63) is 109 Å². The fourth-order valence-corrected chi connectivity index (χ4v) is 9.48. The first-order valence-corrected chi connectivity index (χ1v) is 15.5. The van der Waals surface area contributed by atoms with Crippen LogP contribution in [0.1, 0.15) is 47.1 Å². The number of rotatable bonds is 11. The van der Waals surface area contributed by atoms with E-state index in [0.29, 0.717) is 6.54 Å². The molecule has 0 saturated heterocycles. The van der Waals surface area contributed by atoms with Crippen molar-refractivity contribution in [2.24, 2.45) is 0 Å². The van der Waals surface area contributed by atoms with Crippen LogP contribution in [0.5, 0.6) is 0 Å². The number of amides is 1.